The SMILES string of the molecule is C=c1nc(-c2ccc3cc(-c4nc(-c5ccccc5)nc(-c5ccccc5)n4)ccc3c2)s/c1=C/C=C\C. The second-order valence-electron chi connectivity index (χ2n) is 8.84. The maximum absolute atomic E-state index is 4.86. The maximum atomic E-state index is 4.86. The highest BCUT2D eigenvalue weighted by molar-refractivity contribution is 7.13. The summed E-state index contributed by atoms with van der Waals surface area (Å²) in [5.74, 6) is 1.96. The molecule has 0 aliphatic rings. The molecule has 6 rings (SSSR count). The molecule has 0 amide bonds. The lowest BCUT2D eigenvalue weighted by Gasteiger charge is -2.09. The van der Waals surface area contributed by atoms with Gasteiger partial charge in [0.05, 0.1) is 9.88 Å². The van der Waals surface area contributed by atoms with E-state index in [2.05, 4.69) is 49.1 Å². The Kier molecular flexibility index (Phi) is 6.42. The van der Waals surface area contributed by atoms with Crippen LogP contribution in [0.4, 0.5) is 0 Å². The summed E-state index contributed by atoms with van der Waals surface area (Å²) in [6.07, 6.45) is 6.07. The van der Waals surface area contributed by atoms with Crippen molar-refractivity contribution in [1.29, 1.82) is 0 Å². The Hall–Kier alpha value is -4.74. The van der Waals surface area contributed by atoms with Crippen molar-refractivity contribution in [1.82, 2.24) is 19.9 Å². The molecule has 0 spiro atoms. The van der Waals surface area contributed by atoms with E-state index in [1.165, 1.54) is 0 Å². The fourth-order valence-electron chi connectivity index (χ4n) is 4.26. The van der Waals surface area contributed by atoms with Crippen molar-refractivity contribution in [2.45, 2.75) is 6.92 Å². The van der Waals surface area contributed by atoms with Crippen LogP contribution in [0.25, 0.3) is 68.2 Å². The molecule has 38 heavy (non-hydrogen) atoms. The van der Waals surface area contributed by atoms with Gasteiger partial charge in [-0.05, 0) is 35.9 Å². The van der Waals surface area contributed by atoms with E-state index in [4.69, 9.17) is 19.9 Å². The standard InChI is InChI=1S/C33H24N4S/c1-3-4-15-29-22(2)34-33(38-29)28-19-17-25-20-27(18-16-26(25)21-28)32-36-30(23-11-7-5-8-12-23)35-31(37-32)24-13-9-6-10-14-24/h3-21H,2H2,1H3/b4-3-,29-15+. The molecule has 0 radical (unpaired) electrons. The smallest absolute Gasteiger partial charge is 0.164 e. The fraction of sp³-hybridized carbons (Fsp3) is 0.0303. The molecule has 0 atom stereocenters. The average Bonchev–Trinajstić information content (AvgIpc) is 3.36. The van der Waals surface area contributed by atoms with Gasteiger partial charge in [0.25, 0.3) is 0 Å². The molecule has 0 saturated heterocycles. The maximum Gasteiger partial charge on any atom is 0.164 e. The Morgan fingerprint density at radius 3 is 1.71 bits per heavy atom. The van der Waals surface area contributed by atoms with Crippen molar-refractivity contribution in [3.05, 3.63) is 119 Å². The highest BCUT2D eigenvalue weighted by atomic mass is 32.1. The highest BCUT2D eigenvalue weighted by Crippen LogP contribution is 2.29. The molecule has 0 N–H and O–H groups in total. The number of nitrogens with zero attached hydrogens (tertiary/aromatic N) is 4. The van der Waals surface area contributed by atoms with Crippen LogP contribution in [-0.2, 0) is 0 Å². The second kappa shape index (κ2) is 10.3. The molecule has 5 heteroatoms. The third-order valence-corrected chi connectivity index (χ3v) is 7.32. The molecule has 0 aliphatic carbocycles. The number of aromatic nitrogens is 4. The van der Waals surface area contributed by atoms with Crippen molar-refractivity contribution >= 4 is 34.8 Å². The van der Waals surface area contributed by atoms with Crippen molar-refractivity contribution in [2.24, 2.45) is 0 Å². The van der Waals surface area contributed by atoms with Gasteiger partial charge in [0.15, 0.2) is 17.5 Å². The minimum Gasteiger partial charge on any atom is -0.237 e. The van der Waals surface area contributed by atoms with Crippen LogP contribution in [0.5, 0.6) is 0 Å². The molecule has 0 unspecified atom stereocenters. The zero-order valence-corrected chi connectivity index (χ0v) is 21.7. The summed E-state index contributed by atoms with van der Waals surface area (Å²) in [4.78, 5) is 19.2. The lowest BCUT2D eigenvalue weighted by atomic mass is 10.0. The summed E-state index contributed by atoms with van der Waals surface area (Å²) >= 11 is 1.65. The number of fused-ring (bicyclic) bond motifs is 1. The Labute approximate surface area is 225 Å². The summed E-state index contributed by atoms with van der Waals surface area (Å²) in [6.45, 7) is 6.10. The summed E-state index contributed by atoms with van der Waals surface area (Å²) in [7, 11) is 0. The average molecular weight is 509 g/mol. The molecule has 0 saturated carbocycles. The predicted molar refractivity (Wildman–Crippen MR) is 159 cm³/mol. The molecule has 6 aromatic rings. The number of thiazole rings is 1. The molecule has 0 fully saturated rings. The molecule has 0 aliphatic heterocycles. The normalized spacial score (nSPS) is 12.0. The minimum atomic E-state index is 0.648. The first-order valence-electron chi connectivity index (χ1n) is 12.4. The van der Waals surface area contributed by atoms with Crippen LogP contribution >= 0.6 is 11.3 Å². The van der Waals surface area contributed by atoms with Gasteiger partial charge in [-0.1, -0.05) is 104 Å². The Bertz CT molecular complexity index is 1830. The van der Waals surface area contributed by atoms with Gasteiger partial charge in [0.2, 0.25) is 0 Å². The van der Waals surface area contributed by atoms with E-state index in [-0.39, 0.29) is 0 Å². The molecular weight excluding hydrogens is 484 g/mol. The van der Waals surface area contributed by atoms with Gasteiger partial charge in [-0.25, -0.2) is 19.9 Å². The van der Waals surface area contributed by atoms with Gasteiger partial charge < -0.3 is 0 Å². The first-order valence-corrected chi connectivity index (χ1v) is 13.2. The number of hydrogen-bond donors (Lipinski definition) is 0. The molecule has 2 heterocycles. The van der Waals surface area contributed by atoms with E-state index in [9.17, 15) is 0 Å². The minimum absolute atomic E-state index is 0.648. The summed E-state index contributed by atoms with van der Waals surface area (Å²) in [5.41, 5.74) is 3.94. The third-order valence-electron chi connectivity index (χ3n) is 6.21. The van der Waals surface area contributed by atoms with Gasteiger partial charge in [0.1, 0.15) is 5.01 Å². The number of allylic oxidation sites excluding steroid dienone is 2. The number of hydrogen-bond acceptors (Lipinski definition) is 5. The van der Waals surface area contributed by atoms with Gasteiger partial charge in [-0.15, -0.1) is 11.3 Å². The molecule has 4 nitrogen and oxygen atoms in total. The molecule has 4 aromatic carbocycles. The van der Waals surface area contributed by atoms with Gasteiger partial charge in [-0.2, -0.15) is 0 Å². The quantitative estimate of drug-likeness (QED) is 0.254. The predicted octanol–water partition coefficient (Wildman–Crippen LogP) is 6.92. The van der Waals surface area contributed by atoms with E-state index >= 15 is 0 Å². The summed E-state index contributed by atoms with van der Waals surface area (Å²) in [6, 6.07) is 32.8. The van der Waals surface area contributed by atoms with Crippen LogP contribution in [0.1, 0.15) is 6.92 Å². The zero-order valence-electron chi connectivity index (χ0n) is 20.9. The number of benzene rings is 4. The lowest BCUT2D eigenvalue weighted by molar-refractivity contribution is 1.07. The van der Waals surface area contributed by atoms with Crippen molar-refractivity contribution in [2.75, 3.05) is 0 Å². The van der Waals surface area contributed by atoms with Gasteiger partial charge in [-0.3, -0.25) is 0 Å². The monoisotopic (exact) mass is 508 g/mol. The highest BCUT2D eigenvalue weighted by Gasteiger charge is 2.13. The van der Waals surface area contributed by atoms with Crippen LogP contribution in [0, 0.1) is 0 Å². The van der Waals surface area contributed by atoms with Crippen LogP contribution in [0.2, 0.25) is 0 Å². The zero-order chi connectivity index (χ0) is 25.9. The van der Waals surface area contributed by atoms with Crippen molar-refractivity contribution in [3.8, 4) is 44.7 Å². The van der Waals surface area contributed by atoms with E-state index in [1.54, 1.807) is 11.3 Å². The summed E-state index contributed by atoms with van der Waals surface area (Å²) < 4.78 is 1.08. The van der Waals surface area contributed by atoms with Crippen LogP contribution in [0.3, 0.4) is 0 Å². The number of rotatable bonds is 5. The molecular formula is C33H24N4S. The van der Waals surface area contributed by atoms with E-state index in [0.717, 1.165) is 47.9 Å². The lowest BCUT2D eigenvalue weighted by Crippen LogP contribution is -2.17. The van der Waals surface area contributed by atoms with Crippen molar-refractivity contribution in [3.63, 3.8) is 0 Å². The van der Waals surface area contributed by atoms with Crippen LogP contribution in [0.15, 0.2) is 109 Å². The van der Waals surface area contributed by atoms with E-state index in [0.29, 0.717) is 17.5 Å². The molecule has 2 aromatic heterocycles. The van der Waals surface area contributed by atoms with E-state index < -0.39 is 0 Å². The van der Waals surface area contributed by atoms with Crippen molar-refractivity contribution < 1.29 is 0 Å². The van der Waals surface area contributed by atoms with E-state index in [1.807, 2.05) is 79.7 Å². The third kappa shape index (κ3) is 4.80. The van der Waals surface area contributed by atoms with Gasteiger partial charge in [0, 0.05) is 22.3 Å². The van der Waals surface area contributed by atoms with Crippen LogP contribution in [-0.4, -0.2) is 19.9 Å². The topological polar surface area (TPSA) is 51.6 Å². The molecule has 0 bridgehead atoms. The Morgan fingerprint density at radius 1 is 0.605 bits per heavy atom. The summed E-state index contributed by atoms with van der Waals surface area (Å²) in [5, 5.41) is 4.01. The van der Waals surface area contributed by atoms with Crippen LogP contribution < -0.4 is 9.88 Å². The Morgan fingerprint density at radius 2 is 1.13 bits per heavy atom. The fourth-order valence-corrected chi connectivity index (χ4v) is 5.18. The molecule has 182 valence electrons. The second-order valence-corrected chi connectivity index (χ2v) is 9.87. The first-order chi connectivity index (χ1) is 18.7. The van der Waals surface area contributed by atoms with Gasteiger partial charge >= 0.3 is 0 Å². The Balaban J connectivity index is 1.43. The largest absolute Gasteiger partial charge is 0.237 e. The first kappa shape index (κ1) is 23.6.